The van der Waals surface area contributed by atoms with Crippen LogP contribution in [0.1, 0.15) is 29.9 Å². The molecule has 1 aromatic heterocycles. The van der Waals surface area contributed by atoms with Gasteiger partial charge in [0.05, 0.1) is 6.04 Å². The number of imidazole rings is 1. The van der Waals surface area contributed by atoms with E-state index in [9.17, 15) is 0 Å². The van der Waals surface area contributed by atoms with Crippen LogP contribution in [0.15, 0.2) is 36.7 Å². The molecule has 0 saturated carbocycles. The highest BCUT2D eigenvalue weighted by atomic mass is 15.1. The van der Waals surface area contributed by atoms with Crippen molar-refractivity contribution in [3.05, 3.63) is 53.6 Å². The van der Waals surface area contributed by atoms with Crippen molar-refractivity contribution < 1.29 is 0 Å². The lowest BCUT2D eigenvalue weighted by molar-refractivity contribution is 0.530. The predicted octanol–water partition coefficient (Wildman–Crippen LogP) is 2.58. The van der Waals surface area contributed by atoms with Crippen molar-refractivity contribution in [3.63, 3.8) is 0 Å². The van der Waals surface area contributed by atoms with E-state index < -0.39 is 0 Å². The summed E-state index contributed by atoms with van der Waals surface area (Å²) in [5.74, 6) is 1.07. The normalized spacial score (nSPS) is 12.6. The fraction of sp³-hybridized carbons (Fsp3) is 0.357. The summed E-state index contributed by atoms with van der Waals surface area (Å²) >= 11 is 0. The predicted molar refractivity (Wildman–Crippen MR) is 69.6 cm³/mol. The Kier molecular flexibility index (Phi) is 3.59. The molecule has 1 heterocycles. The van der Waals surface area contributed by atoms with E-state index in [1.807, 2.05) is 24.0 Å². The van der Waals surface area contributed by atoms with Crippen molar-refractivity contribution in [3.8, 4) is 0 Å². The molecule has 2 rings (SSSR count). The molecule has 0 saturated heterocycles. The summed E-state index contributed by atoms with van der Waals surface area (Å²) in [6.07, 6.45) is 3.80. The van der Waals surface area contributed by atoms with Crippen LogP contribution in [0.5, 0.6) is 0 Å². The molecule has 0 radical (unpaired) electrons. The maximum absolute atomic E-state index is 4.34. The second kappa shape index (κ2) is 5.15. The zero-order valence-electron chi connectivity index (χ0n) is 10.6. The zero-order valence-corrected chi connectivity index (χ0v) is 10.6. The minimum Gasteiger partial charge on any atom is -0.337 e. The Balaban J connectivity index is 1.94. The fourth-order valence-electron chi connectivity index (χ4n) is 1.86. The highest BCUT2D eigenvalue weighted by molar-refractivity contribution is 5.21. The summed E-state index contributed by atoms with van der Waals surface area (Å²) in [4.78, 5) is 4.34. The molecule has 0 aliphatic heterocycles. The molecule has 0 aliphatic carbocycles. The lowest BCUT2D eigenvalue weighted by atomic mass is 10.1. The third-order valence-corrected chi connectivity index (χ3v) is 2.98. The molecule has 0 fully saturated rings. The van der Waals surface area contributed by atoms with Crippen molar-refractivity contribution in [2.75, 3.05) is 0 Å². The van der Waals surface area contributed by atoms with E-state index in [-0.39, 0.29) is 6.04 Å². The molecule has 0 bridgehead atoms. The van der Waals surface area contributed by atoms with E-state index >= 15 is 0 Å². The van der Waals surface area contributed by atoms with E-state index in [1.54, 1.807) is 0 Å². The number of aromatic nitrogens is 2. The second-order valence-electron chi connectivity index (χ2n) is 4.48. The Morgan fingerprint density at radius 2 is 2.00 bits per heavy atom. The summed E-state index contributed by atoms with van der Waals surface area (Å²) in [7, 11) is 2.02. The minimum absolute atomic E-state index is 0.260. The number of aryl methyl sites for hydroxylation is 2. The molecule has 1 atom stereocenters. The molecule has 3 nitrogen and oxygen atoms in total. The van der Waals surface area contributed by atoms with Gasteiger partial charge in [0.25, 0.3) is 0 Å². The Labute approximate surface area is 103 Å². The Bertz CT molecular complexity index is 470. The molecular weight excluding hydrogens is 210 g/mol. The molecule has 2 aromatic rings. The van der Waals surface area contributed by atoms with Gasteiger partial charge in [-0.3, -0.25) is 0 Å². The van der Waals surface area contributed by atoms with Gasteiger partial charge in [0, 0.05) is 26.0 Å². The van der Waals surface area contributed by atoms with Gasteiger partial charge in [-0.25, -0.2) is 4.98 Å². The Morgan fingerprint density at radius 3 is 2.59 bits per heavy atom. The fourth-order valence-corrected chi connectivity index (χ4v) is 1.86. The second-order valence-corrected chi connectivity index (χ2v) is 4.48. The lowest BCUT2D eigenvalue weighted by Crippen LogP contribution is -2.20. The van der Waals surface area contributed by atoms with Gasteiger partial charge in [-0.15, -0.1) is 0 Å². The van der Waals surface area contributed by atoms with Crippen LogP contribution in [-0.2, 0) is 13.6 Å². The van der Waals surface area contributed by atoms with E-state index in [0.717, 1.165) is 12.4 Å². The molecule has 17 heavy (non-hydrogen) atoms. The highest BCUT2D eigenvalue weighted by Crippen LogP contribution is 2.10. The quantitative estimate of drug-likeness (QED) is 0.873. The average Bonchev–Trinajstić information content (AvgIpc) is 2.74. The van der Waals surface area contributed by atoms with Gasteiger partial charge in [-0.2, -0.15) is 0 Å². The number of benzene rings is 1. The van der Waals surface area contributed by atoms with Crippen LogP contribution >= 0.6 is 0 Å². The smallest absolute Gasteiger partial charge is 0.125 e. The van der Waals surface area contributed by atoms with Crippen LogP contribution in [-0.4, -0.2) is 9.55 Å². The SMILES string of the molecule is Cc1ccc(CNC(C)c2nccn2C)cc1. The summed E-state index contributed by atoms with van der Waals surface area (Å²) < 4.78 is 2.05. The van der Waals surface area contributed by atoms with Crippen LogP contribution in [0.25, 0.3) is 0 Å². The van der Waals surface area contributed by atoms with Gasteiger partial charge in [0.1, 0.15) is 5.82 Å². The first kappa shape index (κ1) is 11.9. The first-order valence-electron chi connectivity index (χ1n) is 5.93. The lowest BCUT2D eigenvalue weighted by Gasteiger charge is -2.13. The van der Waals surface area contributed by atoms with Gasteiger partial charge < -0.3 is 9.88 Å². The van der Waals surface area contributed by atoms with Crippen molar-refractivity contribution in [1.29, 1.82) is 0 Å². The van der Waals surface area contributed by atoms with E-state index in [1.165, 1.54) is 11.1 Å². The Hall–Kier alpha value is -1.61. The van der Waals surface area contributed by atoms with Crippen LogP contribution in [0.2, 0.25) is 0 Å². The molecule has 3 heteroatoms. The molecule has 0 aliphatic rings. The summed E-state index contributed by atoms with van der Waals surface area (Å²) in [6, 6.07) is 8.86. The highest BCUT2D eigenvalue weighted by Gasteiger charge is 2.08. The number of nitrogens with one attached hydrogen (secondary N) is 1. The summed E-state index contributed by atoms with van der Waals surface area (Å²) in [5, 5.41) is 3.48. The number of hydrogen-bond acceptors (Lipinski definition) is 2. The first-order valence-corrected chi connectivity index (χ1v) is 5.93. The van der Waals surface area contributed by atoms with Crippen molar-refractivity contribution in [2.45, 2.75) is 26.4 Å². The van der Waals surface area contributed by atoms with E-state index in [4.69, 9.17) is 0 Å². The largest absolute Gasteiger partial charge is 0.337 e. The van der Waals surface area contributed by atoms with Gasteiger partial charge in [-0.05, 0) is 19.4 Å². The zero-order chi connectivity index (χ0) is 12.3. The standard InChI is InChI=1S/C14H19N3/c1-11-4-6-13(7-5-11)10-16-12(2)14-15-8-9-17(14)3/h4-9,12,16H,10H2,1-3H3. The van der Waals surface area contributed by atoms with Crippen LogP contribution in [0, 0.1) is 6.92 Å². The molecular formula is C14H19N3. The molecule has 0 spiro atoms. The van der Waals surface area contributed by atoms with E-state index in [0.29, 0.717) is 0 Å². The molecule has 90 valence electrons. The van der Waals surface area contributed by atoms with Crippen LogP contribution in [0.3, 0.4) is 0 Å². The summed E-state index contributed by atoms with van der Waals surface area (Å²) in [6.45, 7) is 5.11. The molecule has 1 aromatic carbocycles. The van der Waals surface area contributed by atoms with Crippen molar-refractivity contribution in [1.82, 2.24) is 14.9 Å². The molecule has 1 N–H and O–H groups in total. The minimum atomic E-state index is 0.260. The van der Waals surface area contributed by atoms with Crippen molar-refractivity contribution in [2.24, 2.45) is 7.05 Å². The number of rotatable bonds is 4. The van der Waals surface area contributed by atoms with Crippen molar-refractivity contribution >= 4 is 0 Å². The summed E-state index contributed by atoms with van der Waals surface area (Å²) in [5.41, 5.74) is 2.60. The maximum atomic E-state index is 4.34. The molecule has 0 amide bonds. The topological polar surface area (TPSA) is 29.9 Å². The van der Waals surface area contributed by atoms with E-state index in [2.05, 4.69) is 48.4 Å². The third-order valence-electron chi connectivity index (χ3n) is 2.98. The van der Waals surface area contributed by atoms with Gasteiger partial charge in [-0.1, -0.05) is 29.8 Å². The number of hydrogen-bond donors (Lipinski definition) is 1. The first-order chi connectivity index (χ1) is 8.16. The maximum Gasteiger partial charge on any atom is 0.125 e. The Morgan fingerprint density at radius 1 is 1.29 bits per heavy atom. The average molecular weight is 229 g/mol. The molecule has 1 unspecified atom stereocenters. The van der Waals surface area contributed by atoms with Crippen LogP contribution in [0.4, 0.5) is 0 Å². The van der Waals surface area contributed by atoms with Gasteiger partial charge in [0.15, 0.2) is 0 Å². The van der Waals surface area contributed by atoms with Gasteiger partial charge >= 0.3 is 0 Å². The van der Waals surface area contributed by atoms with Crippen LogP contribution < -0.4 is 5.32 Å². The number of nitrogens with zero attached hydrogens (tertiary/aromatic N) is 2. The third kappa shape index (κ3) is 2.94. The van der Waals surface area contributed by atoms with Gasteiger partial charge in [0.2, 0.25) is 0 Å². The monoisotopic (exact) mass is 229 g/mol.